The van der Waals surface area contributed by atoms with Crippen LogP contribution in [0.15, 0.2) is 0 Å². The molecule has 0 aliphatic rings. The van der Waals surface area contributed by atoms with Gasteiger partial charge in [0.2, 0.25) is 0 Å². The van der Waals surface area contributed by atoms with Crippen LogP contribution in [0.4, 0.5) is 0 Å². The lowest BCUT2D eigenvalue weighted by atomic mass is 10.3. The van der Waals surface area contributed by atoms with Crippen LogP contribution in [-0.2, 0) is 0 Å². The van der Waals surface area contributed by atoms with Gasteiger partial charge in [0.1, 0.15) is 0 Å². The lowest BCUT2D eigenvalue weighted by Crippen LogP contribution is -2.03. The highest BCUT2D eigenvalue weighted by molar-refractivity contribution is 6.48. The molecule has 0 aromatic carbocycles. The summed E-state index contributed by atoms with van der Waals surface area (Å²) in [4.78, 5) is 8.93. The van der Waals surface area contributed by atoms with E-state index in [2.05, 4.69) is 0 Å². The smallest absolute Gasteiger partial charge is 0.169 e. The van der Waals surface area contributed by atoms with E-state index in [1.54, 1.807) is 0 Å². The molecule has 9 heavy (non-hydrogen) atoms. The van der Waals surface area contributed by atoms with Gasteiger partial charge in [0, 0.05) is 6.61 Å². The number of rotatable bonds is 5. The maximum Gasteiger partial charge on any atom is 0.169 e. The quantitative estimate of drug-likeness (QED) is 0.440. The summed E-state index contributed by atoms with van der Waals surface area (Å²) in [5.41, 5.74) is 0. The fraction of sp³-hybridized carbons (Fsp3) is 1.00. The predicted molar refractivity (Wildman–Crippen MR) is 41.0 cm³/mol. The normalized spacial score (nSPS) is 13.7. The van der Waals surface area contributed by atoms with Crippen LogP contribution in [0.2, 0.25) is 12.6 Å². The summed E-state index contributed by atoms with van der Waals surface area (Å²) in [6.45, 7) is 2.22. The minimum absolute atomic E-state index is 0.293. The average Bonchev–Trinajstić information content (AvgIpc) is 1.80. The molecule has 0 radical (unpaired) electrons. The van der Waals surface area contributed by atoms with Crippen LogP contribution in [0.3, 0.4) is 0 Å². The number of unbranched alkanes of at least 4 members (excludes halogenated alkanes) is 2. The molecule has 0 aromatic rings. The number of aliphatic hydroxyl groups excluding tert-OH is 1. The van der Waals surface area contributed by atoms with Gasteiger partial charge >= 0.3 is 0 Å². The van der Waals surface area contributed by atoms with Crippen molar-refractivity contribution >= 4 is 9.04 Å². The molecule has 0 heterocycles. The maximum absolute atomic E-state index is 8.93. The van der Waals surface area contributed by atoms with Gasteiger partial charge in [-0.05, 0) is 19.0 Å². The zero-order valence-electron chi connectivity index (χ0n) is 6.01. The first-order valence-electron chi connectivity index (χ1n) is 3.56. The Morgan fingerprint density at radius 3 is 2.33 bits per heavy atom. The van der Waals surface area contributed by atoms with Crippen molar-refractivity contribution in [2.24, 2.45) is 0 Å². The Labute approximate surface area is 58.3 Å². The first-order chi connectivity index (χ1) is 4.27. The van der Waals surface area contributed by atoms with E-state index in [1.165, 1.54) is 0 Å². The number of hydrogen-bond acceptors (Lipinski definition) is 2. The topological polar surface area (TPSA) is 40.5 Å². The molecule has 0 aliphatic heterocycles. The molecule has 0 aromatic heterocycles. The molecule has 0 fully saturated rings. The van der Waals surface area contributed by atoms with Crippen LogP contribution in [0.25, 0.3) is 0 Å². The Bertz CT molecular complexity index is 57.0. The molecular weight excluding hydrogens is 132 g/mol. The molecule has 56 valence electrons. The minimum atomic E-state index is -1.29. The van der Waals surface area contributed by atoms with E-state index in [0.717, 1.165) is 25.3 Å². The van der Waals surface area contributed by atoms with Gasteiger partial charge in [0.15, 0.2) is 9.04 Å². The van der Waals surface area contributed by atoms with Gasteiger partial charge in [-0.25, -0.2) is 0 Å². The summed E-state index contributed by atoms with van der Waals surface area (Å²) in [6, 6.07) is 1.00. The molecular formula is C6H16O2Si. The second-order valence-corrected chi connectivity index (χ2v) is 4.70. The largest absolute Gasteiger partial charge is 0.435 e. The van der Waals surface area contributed by atoms with Gasteiger partial charge < -0.3 is 9.90 Å². The van der Waals surface area contributed by atoms with Crippen LogP contribution in [-0.4, -0.2) is 25.5 Å². The molecule has 0 rings (SSSR count). The average molecular weight is 148 g/mol. The van der Waals surface area contributed by atoms with Crippen LogP contribution < -0.4 is 0 Å². The Hall–Kier alpha value is 0.137. The van der Waals surface area contributed by atoms with Gasteiger partial charge in [-0.15, -0.1) is 0 Å². The second kappa shape index (κ2) is 6.26. The highest BCUT2D eigenvalue weighted by Crippen LogP contribution is 2.01. The molecule has 0 bridgehead atoms. The van der Waals surface area contributed by atoms with E-state index < -0.39 is 9.04 Å². The second-order valence-electron chi connectivity index (χ2n) is 2.42. The fourth-order valence-corrected chi connectivity index (χ4v) is 1.61. The molecule has 0 saturated carbocycles. The van der Waals surface area contributed by atoms with E-state index in [-0.39, 0.29) is 0 Å². The van der Waals surface area contributed by atoms with Gasteiger partial charge in [-0.1, -0.05) is 12.8 Å². The summed E-state index contributed by atoms with van der Waals surface area (Å²) >= 11 is 0. The SMILES string of the molecule is C[SiH](O)CCCCCO. The van der Waals surface area contributed by atoms with Gasteiger partial charge in [-0.2, -0.15) is 0 Å². The summed E-state index contributed by atoms with van der Waals surface area (Å²) in [7, 11) is -1.29. The molecule has 1 atom stereocenters. The highest BCUT2D eigenvalue weighted by atomic mass is 28.3. The zero-order valence-corrected chi connectivity index (χ0v) is 7.16. The van der Waals surface area contributed by atoms with E-state index in [1.807, 2.05) is 6.55 Å². The third-order valence-electron chi connectivity index (χ3n) is 1.28. The molecule has 3 heteroatoms. The van der Waals surface area contributed by atoms with Gasteiger partial charge in [0.25, 0.3) is 0 Å². The van der Waals surface area contributed by atoms with Gasteiger partial charge in [-0.3, -0.25) is 0 Å². The van der Waals surface area contributed by atoms with E-state index >= 15 is 0 Å². The summed E-state index contributed by atoms with van der Waals surface area (Å²) in [6.07, 6.45) is 3.04. The lowest BCUT2D eigenvalue weighted by Gasteiger charge is -1.99. The minimum Gasteiger partial charge on any atom is -0.435 e. The van der Waals surface area contributed by atoms with Crippen molar-refractivity contribution in [3.63, 3.8) is 0 Å². The van der Waals surface area contributed by atoms with Gasteiger partial charge in [0.05, 0.1) is 0 Å². The fourth-order valence-electron chi connectivity index (χ4n) is 0.728. The van der Waals surface area contributed by atoms with Crippen LogP contribution in [0.5, 0.6) is 0 Å². The maximum atomic E-state index is 8.93. The Morgan fingerprint density at radius 1 is 1.22 bits per heavy atom. The Morgan fingerprint density at radius 2 is 1.89 bits per heavy atom. The number of aliphatic hydroxyl groups is 1. The van der Waals surface area contributed by atoms with E-state index in [0.29, 0.717) is 6.61 Å². The molecule has 0 aliphatic carbocycles. The van der Waals surface area contributed by atoms with E-state index in [4.69, 9.17) is 9.90 Å². The number of hydrogen-bond donors (Lipinski definition) is 2. The lowest BCUT2D eigenvalue weighted by molar-refractivity contribution is 0.284. The molecule has 0 saturated heterocycles. The van der Waals surface area contributed by atoms with Crippen molar-refractivity contribution in [1.82, 2.24) is 0 Å². The van der Waals surface area contributed by atoms with Crippen molar-refractivity contribution < 1.29 is 9.90 Å². The molecule has 0 amide bonds. The molecule has 2 nitrogen and oxygen atoms in total. The Kier molecular flexibility index (Phi) is 6.35. The van der Waals surface area contributed by atoms with Crippen molar-refractivity contribution in [3.05, 3.63) is 0 Å². The molecule has 2 N–H and O–H groups in total. The standard InChI is InChI=1S/C6H16O2Si/c1-9(8)6-4-2-3-5-7/h7-9H,2-6H2,1H3. The monoisotopic (exact) mass is 148 g/mol. The van der Waals surface area contributed by atoms with Crippen LogP contribution in [0, 0.1) is 0 Å². The van der Waals surface area contributed by atoms with Crippen molar-refractivity contribution in [1.29, 1.82) is 0 Å². The molecule has 1 unspecified atom stereocenters. The third-order valence-corrected chi connectivity index (χ3v) is 2.52. The van der Waals surface area contributed by atoms with Crippen molar-refractivity contribution in [3.8, 4) is 0 Å². The Balaban J connectivity index is 2.75. The van der Waals surface area contributed by atoms with Crippen LogP contribution >= 0.6 is 0 Å². The van der Waals surface area contributed by atoms with Crippen molar-refractivity contribution in [2.75, 3.05) is 6.61 Å². The summed E-state index contributed by atoms with van der Waals surface area (Å²) < 4.78 is 0. The molecule has 0 spiro atoms. The predicted octanol–water partition coefficient (Wildman–Crippen LogP) is 0.495. The first-order valence-corrected chi connectivity index (χ1v) is 6.05. The third kappa shape index (κ3) is 8.14. The zero-order chi connectivity index (χ0) is 7.11. The summed E-state index contributed by atoms with van der Waals surface area (Å²) in [5, 5.41) is 8.38. The van der Waals surface area contributed by atoms with Crippen molar-refractivity contribution in [2.45, 2.75) is 31.9 Å². The van der Waals surface area contributed by atoms with E-state index in [9.17, 15) is 0 Å². The van der Waals surface area contributed by atoms with Crippen LogP contribution in [0.1, 0.15) is 19.3 Å². The first kappa shape index (κ1) is 9.14. The summed E-state index contributed by atoms with van der Waals surface area (Å²) in [5.74, 6) is 0. The highest BCUT2D eigenvalue weighted by Gasteiger charge is 1.96.